The van der Waals surface area contributed by atoms with E-state index in [4.69, 9.17) is 4.74 Å². The van der Waals surface area contributed by atoms with Crippen LogP contribution in [0.2, 0.25) is 0 Å². The molecule has 1 atom stereocenters. The predicted octanol–water partition coefficient (Wildman–Crippen LogP) is 5.89. The summed E-state index contributed by atoms with van der Waals surface area (Å²) >= 11 is 0. The first-order chi connectivity index (χ1) is 10.3. The fraction of sp³-hybridized carbons (Fsp3) is 0.950. The summed E-state index contributed by atoms with van der Waals surface area (Å²) < 4.78 is 6.18. The molecule has 2 fully saturated rings. The highest BCUT2D eigenvalue weighted by atomic mass is 16.6. The lowest BCUT2D eigenvalue weighted by atomic mass is 9.71. The first-order valence-corrected chi connectivity index (χ1v) is 9.49. The van der Waals surface area contributed by atoms with E-state index in [2.05, 4.69) is 34.6 Å². The molecule has 0 spiro atoms. The molecule has 2 rings (SSSR count). The molecule has 0 amide bonds. The summed E-state index contributed by atoms with van der Waals surface area (Å²) in [4.78, 5) is 13.1. The topological polar surface area (TPSA) is 26.3 Å². The minimum absolute atomic E-state index is 0.0589. The highest BCUT2D eigenvalue weighted by molar-refractivity contribution is 5.78. The minimum atomic E-state index is -0.318. The number of carbonyl (C=O) groups is 1. The molecule has 0 saturated heterocycles. The van der Waals surface area contributed by atoms with E-state index in [1.54, 1.807) is 0 Å². The second kappa shape index (κ2) is 6.53. The Morgan fingerprint density at radius 2 is 1.64 bits per heavy atom. The Labute approximate surface area is 137 Å². The SMILES string of the molecule is CCCC(C)(C(=O)OC(C)(C)C1CCCCCC1)C1(C)CC1. The number of hydrogen-bond donors (Lipinski definition) is 0. The maximum absolute atomic E-state index is 13.1. The molecule has 2 heteroatoms. The van der Waals surface area contributed by atoms with E-state index in [0.29, 0.717) is 5.92 Å². The number of ether oxygens (including phenoxy) is 1. The highest BCUT2D eigenvalue weighted by Crippen LogP contribution is 2.61. The minimum Gasteiger partial charge on any atom is -0.459 e. The molecule has 0 aromatic carbocycles. The Kier molecular flexibility index (Phi) is 5.29. The van der Waals surface area contributed by atoms with Crippen molar-refractivity contribution in [1.82, 2.24) is 0 Å². The van der Waals surface area contributed by atoms with Gasteiger partial charge in [-0.3, -0.25) is 4.79 Å². The van der Waals surface area contributed by atoms with E-state index < -0.39 is 0 Å². The fourth-order valence-corrected chi connectivity index (χ4v) is 4.30. The monoisotopic (exact) mass is 308 g/mol. The molecule has 2 saturated carbocycles. The average molecular weight is 309 g/mol. The van der Waals surface area contributed by atoms with E-state index in [1.165, 1.54) is 51.4 Å². The van der Waals surface area contributed by atoms with Gasteiger partial charge in [0.15, 0.2) is 0 Å². The third-order valence-electron chi connectivity index (χ3n) is 6.73. The van der Waals surface area contributed by atoms with Crippen molar-refractivity contribution in [1.29, 1.82) is 0 Å². The molecule has 2 aliphatic carbocycles. The average Bonchev–Trinajstić information content (AvgIpc) is 3.22. The Balaban J connectivity index is 2.07. The van der Waals surface area contributed by atoms with Crippen LogP contribution in [0.25, 0.3) is 0 Å². The number of hydrogen-bond acceptors (Lipinski definition) is 2. The van der Waals surface area contributed by atoms with Crippen molar-refractivity contribution in [3.05, 3.63) is 0 Å². The Bertz CT molecular complexity index is 387. The molecule has 0 aromatic rings. The second-order valence-electron chi connectivity index (χ2n) is 8.82. The van der Waals surface area contributed by atoms with Crippen LogP contribution in [0.3, 0.4) is 0 Å². The zero-order chi connectivity index (χ0) is 16.4. The molecule has 1 unspecified atom stereocenters. The van der Waals surface area contributed by atoms with Crippen LogP contribution < -0.4 is 0 Å². The van der Waals surface area contributed by atoms with Gasteiger partial charge < -0.3 is 4.74 Å². The third-order valence-corrected chi connectivity index (χ3v) is 6.73. The van der Waals surface area contributed by atoms with Crippen LogP contribution in [-0.2, 0) is 9.53 Å². The maximum atomic E-state index is 13.1. The van der Waals surface area contributed by atoms with Crippen molar-refractivity contribution < 1.29 is 9.53 Å². The standard InChI is InChI=1S/C20H36O2/c1-6-13-20(5,19(4)14-15-19)17(21)22-18(2,3)16-11-9-7-8-10-12-16/h16H,6-15H2,1-5H3. The summed E-state index contributed by atoms with van der Waals surface area (Å²) in [5.74, 6) is 0.584. The molecule has 0 aliphatic heterocycles. The predicted molar refractivity (Wildman–Crippen MR) is 91.7 cm³/mol. The second-order valence-corrected chi connectivity index (χ2v) is 8.82. The number of carbonyl (C=O) groups excluding carboxylic acids is 1. The van der Waals surface area contributed by atoms with Gasteiger partial charge in [-0.15, -0.1) is 0 Å². The van der Waals surface area contributed by atoms with Crippen LogP contribution in [0.15, 0.2) is 0 Å². The molecular formula is C20H36O2. The van der Waals surface area contributed by atoms with Gasteiger partial charge in [-0.2, -0.15) is 0 Å². The van der Waals surface area contributed by atoms with Crippen LogP contribution in [0.5, 0.6) is 0 Å². The molecule has 0 heterocycles. The normalized spacial score (nSPS) is 25.1. The summed E-state index contributed by atoms with van der Waals surface area (Å²) in [7, 11) is 0. The smallest absolute Gasteiger partial charge is 0.312 e. The van der Waals surface area contributed by atoms with Gasteiger partial charge in [0, 0.05) is 0 Å². The fourth-order valence-electron chi connectivity index (χ4n) is 4.30. The van der Waals surface area contributed by atoms with Crippen LogP contribution >= 0.6 is 0 Å². The van der Waals surface area contributed by atoms with Crippen molar-refractivity contribution in [3.63, 3.8) is 0 Å². The molecular weight excluding hydrogens is 272 g/mol. The first kappa shape index (κ1) is 17.8. The van der Waals surface area contributed by atoms with Gasteiger partial charge in [0.2, 0.25) is 0 Å². The lowest BCUT2D eigenvalue weighted by molar-refractivity contribution is -0.179. The van der Waals surface area contributed by atoms with E-state index >= 15 is 0 Å². The van der Waals surface area contributed by atoms with Crippen molar-refractivity contribution in [2.75, 3.05) is 0 Å². The maximum Gasteiger partial charge on any atom is 0.312 e. The largest absolute Gasteiger partial charge is 0.459 e. The third kappa shape index (κ3) is 3.51. The summed E-state index contributed by atoms with van der Waals surface area (Å²) in [5, 5.41) is 0. The van der Waals surface area contributed by atoms with Crippen LogP contribution in [0.4, 0.5) is 0 Å². The quantitative estimate of drug-likeness (QED) is 0.452. The van der Waals surface area contributed by atoms with Crippen LogP contribution in [0.1, 0.15) is 98.8 Å². The molecule has 2 aliphatic rings. The van der Waals surface area contributed by atoms with Crippen LogP contribution in [-0.4, -0.2) is 11.6 Å². The lowest BCUT2D eigenvalue weighted by Crippen LogP contribution is -2.45. The summed E-state index contributed by atoms with van der Waals surface area (Å²) in [6.45, 7) is 10.9. The highest BCUT2D eigenvalue weighted by Gasteiger charge is 2.58. The summed E-state index contributed by atoms with van der Waals surface area (Å²) in [6.07, 6.45) is 12.0. The van der Waals surface area contributed by atoms with Crippen LogP contribution in [0, 0.1) is 16.7 Å². The van der Waals surface area contributed by atoms with Crippen molar-refractivity contribution in [2.45, 2.75) is 104 Å². The van der Waals surface area contributed by atoms with Crippen molar-refractivity contribution in [3.8, 4) is 0 Å². The molecule has 128 valence electrons. The Hall–Kier alpha value is -0.530. The molecule has 0 radical (unpaired) electrons. The van der Waals surface area contributed by atoms with Crippen molar-refractivity contribution in [2.24, 2.45) is 16.7 Å². The molecule has 2 nitrogen and oxygen atoms in total. The molecule has 22 heavy (non-hydrogen) atoms. The van der Waals surface area contributed by atoms with Crippen molar-refractivity contribution >= 4 is 5.97 Å². The number of rotatable bonds is 6. The first-order valence-electron chi connectivity index (χ1n) is 9.49. The van der Waals surface area contributed by atoms with Gasteiger partial charge in [0.25, 0.3) is 0 Å². The van der Waals surface area contributed by atoms with Gasteiger partial charge in [-0.25, -0.2) is 0 Å². The molecule has 0 N–H and O–H groups in total. The van der Waals surface area contributed by atoms with E-state index in [9.17, 15) is 4.79 Å². The van der Waals surface area contributed by atoms with Gasteiger partial charge >= 0.3 is 5.97 Å². The lowest BCUT2D eigenvalue weighted by Gasteiger charge is -2.40. The number of esters is 1. The Morgan fingerprint density at radius 3 is 2.09 bits per heavy atom. The van der Waals surface area contributed by atoms with E-state index in [1.807, 2.05) is 0 Å². The van der Waals surface area contributed by atoms with Gasteiger partial charge in [0.1, 0.15) is 5.60 Å². The van der Waals surface area contributed by atoms with Gasteiger partial charge in [0.05, 0.1) is 5.41 Å². The summed E-state index contributed by atoms with van der Waals surface area (Å²) in [5.41, 5.74) is -0.453. The van der Waals surface area contributed by atoms with E-state index in [-0.39, 0.29) is 22.4 Å². The zero-order valence-corrected chi connectivity index (χ0v) is 15.5. The van der Waals surface area contributed by atoms with E-state index in [0.717, 1.165) is 12.8 Å². The van der Waals surface area contributed by atoms with Gasteiger partial charge in [-0.1, -0.05) is 46.0 Å². The molecule has 0 bridgehead atoms. The zero-order valence-electron chi connectivity index (χ0n) is 15.5. The Morgan fingerprint density at radius 1 is 1.09 bits per heavy atom. The molecule has 0 aromatic heterocycles. The van der Waals surface area contributed by atoms with Gasteiger partial charge in [-0.05, 0) is 64.2 Å². The summed E-state index contributed by atoms with van der Waals surface area (Å²) in [6, 6.07) is 0.